The van der Waals surface area contributed by atoms with Gasteiger partial charge in [0.15, 0.2) is 5.96 Å². The van der Waals surface area contributed by atoms with Gasteiger partial charge in [-0.15, -0.1) is 0 Å². The maximum Gasteiger partial charge on any atom is 0.223 e. The van der Waals surface area contributed by atoms with E-state index in [0.717, 1.165) is 31.8 Å². The van der Waals surface area contributed by atoms with E-state index >= 15 is 0 Å². The molecular weight excluding hydrogens is 276 g/mol. The first-order valence-corrected chi connectivity index (χ1v) is 8.03. The SMILES string of the molecule is CCc1ccccc1CNC(=NC)NCCNC(=O)C1CC1. The van der Waals surface area contributed by atoms with Gasteiger partial charge in [-0.25, -0.2) is 0 Å². The lowest BCUT2D eigenvalue weighted by Gasteiger charge is -2.14. The van der Waals surface area contributed by atoms with E-state index in [-0.39, 0.29) is 11.8 Å². The lowest BCUT2D eigenvalue weighted by molar-refractivity contribution is -0.122. The summed E-state index contributed by atoms with van der Waals surface area (Å²) in [4.78, 5) is 15.7. The Morgan fingerprint density at radius 1 is 1.14 bits per heavy atom. The molecule has 1 aliphatic carbocycles. The van der Waals surface area contributed by atoms with Gasteiger partial charge in [-0.2, -0.15) is 0 Å². The maximum atomic E-state index is 11.5. The zero-order chi connectivity index (χ0) is 15.8. The Kier molecular flexibility index (Phi) is 6.25. The van der Waals surface area contributed by atoms with Crippen LogP contribution >= 0.6 is 0 Å². The van der Waals surface area contributed by atoms with Gasteiger partial charge in [0.05, 0.1) is 0 Å². The van der Waals surface area contributed by atoms with E-state index in [0.29, 0.717) is 13.1 Å². The largest absolute Gasteiger partial charge is 0.355 e. The van der Waals surface area contributed by atoms with E-state index in [1.54, 1.807) is 7.05 Å². The summed E-state index contributed by atoms with van der Waals surface area (Å²) in [5.74, 6) is 1.20. The van der Waals surface area contributed by atoms with Crippen molar-refractivity contribution in [2.24, 2.45) is 10.9 Å². The van der Waals surface area contributed by atoms with Crippen LogP contribution in [0.4, 0.5) is 0 Å². The van der Waals surface area contributed by atoms with Gasteiger partial charge < -0.3 is 16.0 Å². The molecule has 1 aromatic carbocycles. The first-order valence-electron chi connectivity index (χ1n) is 8.03. The molecule has 5 nitrogen and oxygen atoms in total. The third-order valence-corrected chi connectivity index (χ3v) is 3.83. The Bertz CT molecular complexity index is 523. The van der Waals surface area contributed by atoms with Gasteiger partial charge in [-0.3, -0.25) is 9.79 Å². The minimum atomic E-state index is 0.182. The van der Waals surface area contributed by atoms with Gasteiger partial charge >= 0.3 is 0 Å². The molecule has 0 heterocycles. The Morgan fingerprint density at radius 2 is 1.82 bits per heavy atom. The van der Waals surface area contributed by atoms with Gasteiger partial charge in [0.25, 0.3) is 0 Å². The summed E-state index contributed by atoms with van der Waals surface area (Å²) in [5.41, 5.74) is 2.64. The second-order valence-electron chi connectivity index (χ2n) is 5.54. The molecule has 0 unspecified atom stereocenters. The summed E-state index contributed by atoms with van der Waals surface area (Å²) in [6.45, 7) is 4.21. The van der Waals surface area contributed by atoms with E-state index in [4.69, 9.17) is 0 Å². The zero-order valence-corrected chi connectivity index (χ0v) is 13.5. The monoisotopic (exact) mass is 302 g/mol. The molecule has 2 rings (SSSR count). The summed E-state index contributed by atoms with van der Waals surface area (Å²) in [7, 11) is 1.75. The molecule has 1 saturated carbocycles. The molecule has 0 spiro atoms. The van der Waals surface area contributed by atoms with E-state index in [9.17, 15) is 4.79 Å². The molecule has 1 aromatic rings. The van der Waals surface area contributed by atoms with Crippen molar-refractivity contribution < 1.29 is 4.79 Å². The van der Waals surface area contributed by atoms with E-state index < -0.39 is 0 Å². The molecule has 1 fully saturated rings. The Morgan fingerprint density at radius 3 is 2.45 bits per heavy atom. The fourth-order valence-corrected chi connectivity index (χ4v) is 2.33. The molecule has 0 radical (unpaired) electrons. The number of aliphatic imine (C=N–C) groups is 1. The predicted octanol–water partition coefficient (Wildman–Crippen LogP) is 1.44. The van der Waals surface area contributed by atoms with Gasteiger partial charge in [-0.1, -0.05) is 31.2 Å². The van der Waals surface area contributed by atoms with Crippen molar-refractivity contribution in [3.8, 4) is 0 Å². The summed E-state index contributed by atoms with van der Waals surface area (Å²) >= 11 is 0. The molecule has 1 amide bonds. The standard InChI is InChI=1S/C17H26N4O/c1-3-13-6-4-5-7-15(13)12-21-17(18-2)20-11-10-19-16(22)14-8-9-14/h4-7,14H,3,8-12H2,1-2H3,(H,19,22)(H2,18,20,21). The highest BCUT2D eigenvalue weighted by molar-refractivity contribution is 5.81. The Hall–Kier alpha value is -2.04. The van der Waals surface area contributed by atoms with Gasteiger partial charge in [0, 0.05) is 32.6 Å². The van der Waals surface area contributed by atoms with Gasteiger partial charge in [0.2, 0.25) is 5.91 Å². The number of carbonyl (C=O) groups is 1. The molecule has 0 atom stereocenters. The average molecular weight is 302 g/mol. The number of guanidine groups is 1. The minimum absolute atomic E-state index is 0.182. The van der Waals surface area contributed by atoms with Crippen LogP contribution in [0.2, 0.25) is 0 Å². The van der Waals surface area contributed by atoms with Gasteiger partial charge in [0.1, 0.15) is 0 Å². The predicted molar refractivity (Wildman–Crippen MR) is 89.8 cm³/mol. The molecule has 120 valence electrons. The van der Waals surface area contributed by atoms with Crippen LogP contribution in [0, 0.1) is 5.92 Å². The Balaban J connectivity index is 1.69. The van der Waals surface area contributed by atoms with Crippen molar-refractivity contribution in [3.63, 3.8) is 0 Å². The summed E-state index contributed by atoms with van der Waals surface area (Å²) in [5, 5.41) is 9.46. The number of hydrogen-bond acceptors (Lipinski definition) is 2. The molecular formula is C17H26N4O. The third kappa shape index (κ3) is 5.06. The fraction of sp³-hybridized carbons (Fsp3) is 0.529. The number of benzene rings is 1. The van der Waals surface area contributed by atoms with Crippen molar-refractivity contribution in [3.05, 3.63) is 35.4 Å². The van der Waals surface area contributed by atoms with Gasteiger partial charge in [-0.05, 0) is 30.4 Å². The van der Waals surface area contributed by atoms with Crippen LogP contribution in [0.3, 0.4) is 0 Å². The number of rotatable bonds is 7. The first-order chi connectivity index (χ1) is 10.7. The lowest BCUT2D eigenvalue weighted by Crippen LogP contribution is -2.41. The van der Waals surface area contributed by atoms with Crippen LogP contribution in [0.5, 0.6) is 0 Å². The molecule has 1 aliphatic rings. The fourth-order valence-electron chi connectivity index (χ4n) is 2.33. The van der Waals surface area contributed by atoms with Crippen molar-refractivity contribution in [2.45, 2.75) is 32.7 Å². The Labute approximate surface area is 132 Å². The number of nitrogens with one attached hydrogen (secondary N) is 3. The van der Waals surface area contributed by atoms with Crippen LogP contribution < -0.4 is 16.0 Å². The molecule has 0 saturated heterocycles. The van der Waals surface area contributed by atoms with Crippen LogP contribution in [-0.4, -0.2) is 32.0 Å². The zero-order valence-electron chi connectivity index (χ0n) is 13.5. The lowest BCUT2D eigenvalue weighted by atomic mass is 10.1. The van der Waals surface area contributed by atoms with E-state index in [2.05, 4.69) is 52.1 Å². The van der Waals surface area contributed by atoms with Crippen LogP contribution in [0.1, 0.15) is 30.9 Å². The molecule has 0 aliphatic heterocycles. The normalized spacial score (nSPS) is 14.5. The van der Waals surface area contributed by atoms with Crippen LogP contribution in [0.25, 0.3) is 0 Å². The van der Waals surface area contributed by atoms with Crippen LogP contribution in [-0.2, 0) is 17.8 Å². The highest BCUT2D eigenvalue weighted by atomic mass is 16.2. The number of amides is 1. The van der Waals surface area contributed by atoms with E-state index in [1.807, 2.05) is 0 Å². The van der Waals surface area contributed by atoms with Crippen molar-refractivity contribution in [2.75, 3.05) is 20.1 Å². The topological polar surface area (TPSA) is 65.5 Å². The highest BCUT2D eigenvalue weighted by Crippen LogP contribution is 2.28. The van der Waals surface area contributed by atoms with Crippen molar-refractivity contribution >= 4 is 11.9 Å². The minimum Gasteiger partial charge on any atom is -0.355 e. The molecule has 3 N–H and O–H groups in total. The van der Waals surface area contributed by atoms with Crippen molar-refractivity contribution in [1.82, 2.24) is 16.0 Å². The summed E-state index contributed by atoms with van der Waals surface area (Å²) in [6, 6.07) is 8.41. The molecule has 5 heteroatoms. The second-order valence-corrected chi connectivity index (χ2v) is 5.54. The second kappa shape index (κ2) is 8.41. The summed E-state index contributed by atoms with van der Waals surface area (Å²) in [6.07, 6.45) is 3.11. The molecule has 22 heavy (non-hydrogen) atoms. The average Bonchev–Trinajstić information content (AvgIpc) is 3.39. The van der Waals surface area contributed by atoms with Crippen molar-refractivity contribution in [1.29, 1.82) is 0 Å². The first kappa shape index (κ1) is 16.3. The number of aryl methyl sites for hydroxylation is 1. The highest BCUT2D eigenvalue weighted by Gasteiger charge is 2.28. The van der Waals surface area contributed by atoms with E-state index in [1.165, 1.54) is 11.1 Å². The quantitative estimate of drug-likeness (QED) is 0.406. The number of hydrogen-bond donors (Lipinski definition) is 3. The third-order valence-electron chi connectivity index (χ3n) is 3.83. The summed E-state index contributed by atoms with van der Waals surface area (Å²) < 4.78 is 0. The van der Waals surface area contributed by atoms with Crippen LogP contribution in [0.15, 0.2) is 29.3 Å². The molecule has 0 bridgehead atoms. The number of carbonyl (C=O) groups excluding carboxylic acids is 1. The smallest absolute Gasteiger partial charge is 0.223 e. The molecule has 0 aromatic heterocycles. The maximum absolute atomic E-state index is 11.5. The number of nitrogens with zero attached hydrogens (tertiary/aromatic N) is 1.